The zero-order chi connectivity index (χ0) is 13.8. The molecule has 98 valence electrons. The lowest BCUT2D eigenvalue weighted by molar-refractivity contribution is -0.137. The molecule has 2 N–H and O–H groups in total. The zero-order valence-electron chi connectivity index (χ0n) is 10.2. The third-order valence-corrected chi connectivity index (χ3v) is 2.33. The van der Waals surface area contributed by atoms with Crippen LogP contribution in [0, 0.1) is 6.92 Å². The highest BCUT2D eigenvalue weighted by Gasteiger charge is 2.11. The van der Waals surface area contributed by atoms with Gasteiger partial charge in [0.1, 0.15) is 12.4 Å². The van der Waals surface area contributed by atoms with E-state index in [-0.39, 0.29) is 12.2 Å². The number of carboxylic acids is 1. The number of aryl methyl sites for hydroxylation is 1. The van der Waals surface area contributed by atoms with E-state index in [1.165, 1.54) is 16.9 Å². The van der Waals surface area contributed by atoms with Crippen molar-refractivity contribution in [1.29, 1.82) is 0 Å². The quantitative estimate of drug-likeness (QED) is 0.852. The lowest BCUT2D eigenvalue weighted by atomic mass is 10.3. The highest BCUT2D eigenvalue weighted by atomic mass is 16.4. The second kappa shape index (κ2) is 5.30. The van der Waals surface area contributed by atoms with E-state index in [1.807, 2.05) is 13.0 Å². The summed E-state index contributed by atoms with van der Waals surface area (Å²) in [5, 5.41) is 15.1. The monoisotopic (exact) mass is 260 g/mol. The van der Waals surface area contributed by atoms with E-state index in [1.54, 1.807) is 12.3 Å². The van der Waals surface area contributed by atoms with E-state index in [2.05, 4.69) is 15.4 Å². The largest absolute Gasteiger partial charge is 0.480 e. The van der Waals surface area contributed by atoms with Crippen LogP contribution in [0.25, 0.3) is 0 Å². The van der Waals surface area contributed by atoms with Crippen LogP contribution in [-0.4, -0.2) is 31.7 Å². The van der Waals surface area contributed by atoms with Gasteiger partial charge in [0.15, 0.2) is 5.69 Å². The van der Waals surface area contributed by atoms with Gasteiger partial charge < -0.3 is 10.4 Å². The van der Waals surface area contributed by atoms with Gasteiger partial charge in [-0.1, -0.05) is 0 Å². The number of nitrogens with one attached hydrogen (secondary N) is 1. The summed E-state index contributed by atoms with van der Waals surface area (Å²) < 4.78 is 1.18. The lowest BCUT2D eigenvalue weighted by Crippen LogP contribution is -2.15. The maximum absolute atomic E-state index is 11.9. The summed E-state index contributed by atoms with van der Waals surface area (Å²) in [5.41, 5.74) is 1.12. The van der Waals surface area contributed by atoms with Gasteiger partial charge in [0.05, 0.1) is 0 Å². The molecule has 0 aliphatic rings. The number of aliphatic carboxylic acids is 1. The van der Waals surface area contributed by atoms with Crippen LogP contribution in [0.1, 0.15) is 16.1 Å². The van der Waals surface area contributed by atoms with Crippen molar-refractivity contribution >= 4 is 17.7 Å². The number of pyridine rings is 1. The number of aromatic nitrogens is 3. The Hall–Kier alpha value is -2.70. The van der Waals surface area contributed by atoms with Gasteiger partial charge in [0.2, 0.25) is 0 Å². The summed E-state index contributed by atoms with van der Waals surface area (Å²) in [6.45, 7) is 1.61. The molecule has 1 amide bonds. The molecule has 0 aliphatic carbocycles. The summed E-state index contributed by atoms with van der Waals surface area (Å²) in [7, 11) is 0. The lowest BCUT2D eigenvalue weighted by Gasteiger charge is -2.02. The van der Waals surface area contributed by atoms with Crippen LogP contribution in [0.15, 0.2) is 30.6 Å². The van der Waals surface area contributed by atoms with Crippen molar-refractivity contribution in [2.45, 2.75) is 13.5 Å². The molecule has 0 saturated carbocycles. The number of amides is 1. The number of carbonyl (C=O) groups is 2. The minimum Gasteiger partial charge on any atom is -0.480 e. The van der Waals surface area contributed by atoms with Crippen LogP contribution < -0.4 is 5.32 Å². The van der Waals surface area contributed by atoms with Gasteiger partial charge in [-0.2, -0.15) is 5.10 Å². The van der Waals surface area contributed by atoms with Crippen LogP contribution in [0.3, 0.4) is 0 Å². The number of hydrogen-bond acceptors (Lipinski definition) is 4. The smallest absolute Gasteiger partial charge is 0.325 e. The first-order chi connectivity index (χ1) is 9.04. The highest BCUT2D eigenvalue weighted by molar-refractivity contribution is 6.02. The Balaban J connectivity index is 2.07. The molecule has 0 aromatic carbocycles. The first-order valence-electron chi connectivity index (χ1n) is 5.54. The number of anilines is 1. The molecule has 19 heavy (non-hydrogen) atoms. The van der Waals surface area contributed by atoms with Crippen LogP contribution in [-0.2, 0) is 11.3 Å². The molecule has 2 heterocycles. The SMILES string of the molecule is Cc1ccnc(NC(=O)c2ccn(CC(=O)O)n2)c1. The third-order valence-electron chi connectivity index (χ3n) is 2.33. The number of carboxylic acid groups (broad SMARTS) is 1. The summed E-state index contributed by atoms with van der Waals surface area (Å²) >= 11 is 0. The Morgan fingerprint density at radius 2 is 2.21 bits per heavy atom. The molecule has 2 aromatic rings. The van der Waals surface area contributed by atoms with Crippen LogP contribution >= 0.6 is 0 Å². The Morgan fingerprint density at radius 1 is 1.42 bits per heavy atom. The summed E-state index contributed by atoms with van der Waals surface area (Å²) in [6.07, 6.45) is 3.03. The van der Waals surface area contributed by atoms with E-state index in [4.69, 9.17) is 5.11 Å². The minimum atomic E-state index is -1.02. The van der Waals surface area contributed by atoms with E-state index >= 15 is 0 Å². The molecule has 7 heteroatoms. The second-order valence-electron chi connectivity index (χ2n) is 3.96. The summed E-state index contributed by atoms with van der Waals surface area (Å²) in [4.78, 5) is 26.4. The first kappa shape index (κ1) is 12.7. The number of nitrogens with zero attached hydrogens (tertiary/aromatic N) is 3. The Bertz CT molecular complexity index is 621. The highest BCUT2D eigenvalue weighted by Crippen LogP contribution is 2.07. The van der Waals surface area contributed by atoms with Gasteiger partial charge in [-0.05, 0) is 30.7 Å². The van der Waals surface area contributed by atoms with Crippen molar-refractivity contribution in [3.8, 4) is 0 Å². The molecule has 0 unspecified atom stereocenters. The first-order valence-corrected chi connectivity index (χ1v) is 5.54. The van der Waals surface area contributed by atoms with Gasteiger partial charge >= 0.3 is 5.97 Å². The molecule has 0 spiro atoms. The van der Waals surface area contributed by atoms with E-state index in [9.17, 15) is 9.59 Å². The maximum Gasteiger partial charge on any atom is 0.325 e. The molecule has 7 nitrogen and oxygen atoms in total. The summed E-state index contributed by atoms with van der Waals surface area (Å²) in [5.74, 6) is -1.02. The van der Waals surface area contributed by atoms with Crippen molar-refractivity contribution in [3.05, 3.63) is 41.9 Å². The molecule has 2 rings (SSSR count). The molecule has 0 fully saturated rings. The normalized spacial score (nSPS) is 10.2. The van der Waals surface area contributed by atoms with Gasteiger partial charge in [0, 0.05) is 12.4 Å². The van der Waals surface area contributed by atoms with E-state index in [0.717, 1.165) is 5.56 Å². The molecule has 0 radical (unpaired) electrons. The molecule has 0 bridgehead atoms. The van der Waals surface area contributed by atoms with Crippen molar-refractivity contribution in [2.75, 3.05) is 5.32 Å². The molecule has 2 aromatic heterocycles. The number of rotatable bonds is 4. The van der Waals surface area contributed by atoms with Gasteiger partial charge in [-0.25, -0.2) is 4.98 Å². The average molecular weight is 260 g/mol. The Morgan fingerprint density at radius 3 is 2.89 bits per heavy atom. The molecular weight excluding hydrogens is 248 g/mol. The van der Waals surface area contributed by atoms with Crippen molar-refractivity contribution < 1.29 is 14.7 Å². The molecule has 0 atom stereocenters. The fourth-order valence-electron chi connectivity index (χ4n) is 1.49. The standard InChI is InChI=1S/C12H12N4O3/c1-8-2-4-13-10(6-8)14-12(19)9-3-5-16(15-9)7-11(17)18/h2-6H,7H2,1H3,(H,17,18)(H,13,14,19). The average Bonchev–Trinajstić information content (AvgIpc) is 2.76. The zero-order valence-corrected chi connectivity index (χ0v) is 10.2. The minimum absolute atomic E-state index is 0.143. The van der Waals surface area contributed by atoms with Crippen molar-refractivity contribution in [3.63, 3.8) is 0 Å². The number of hydrogen-bond donors (Lipinski definition) is 2. The fourth-order valence-corrected chi connectivity index (χ4v) is 1.49. The molecule has 0 saturated heterocycles. The van der Waals surface area contributed by atoms with E-state index in [0.29, 0.717) is 5.82 Å². The van der Waals surface area contributed by atoms with Gasteiger partial charge in [-0.15, -0.1) is 0 Å². The summed E-state index contributed by atoms with van der Waals surface area (Å²) in [6, 6.07) is 5.00. The Labute approximate surface area is 108 Å². The molecule has 0 aliphatic heterocycles. The van der Waals surface area contributed by atoms with Crippen molar-refractivity contribution in [1.82, 2.24) is 14.8 Å². The maximum atomic E-state index is 11.9. The van der Waals surface area contributed by atoms with Crippen LogP contribution in [0.2, 0.25) is 0 Å². The van der Waals surface area contributed by atoms with Crippen molar-refractivity contribution in [2.24, 2.45) is 0 Å². The fraction of sp³-hybridized carbons (Fsp3) is 0.167. The molecular formula is C12H12N4O3. The Kier molecular flexibility index (Phi) is 3.56. The predicted octanol–water partition coefficient (Wildman–Crippen LogP) is 0.923. The van der Waals surface area contributed by atoms with Crippen LogP contribution in [0.4, 0.5) is 5.82 Å². The third kappa shape index (κ3) is 3.38. The van der Waals surface area contributed by atoms with Gasteiger partial charge in [0.25, 0.3) is 5.91 Å². The van der Waals surface area contributed by atoms with Crippen LogP contribution in [0.5, 0.6) is 0 Å². The number of carbonyl (C=O) groups excluding carboxylic acids is 1. The predicted molar refractivity (Wildman–Crippen MR) is 66.8 cm³/mol. The van der Waals surface area contributed by atoms with E-state index < -0.39 is 11.9 Å². The topological polar surface area (TPSA) is 97.1 Å². The van der Waals surface area contributed by atoms with Gasteiger partial charge in [-0.3, -0.25) is 14.3 Å². The second-order valence-corrected chi connectivity index (χ2v) is 3.96.